The van der Waals surface area contributed by atoms with Crippen molar-refractivity contribution in [2.75, 3.05) is 13.2 Å². The van der Waals surface area contributed by atoms with E-state index in [1.54, 1.807) is 18.2 Å². The zero-order valence-electron chi connectivity index (χ0n) is 19.0. The van der Waals surface area contributed by atoms with E-state index in [2.05, 4.69) is 13.8 Å². The molecule has 0 aliphatic rings. The van der Waals surface area contributed by atoms with E-state index in [4.69, 9.17) is 15.0 Å². The molecule has 31 heavy (non-hydrogen) atoms. The normalized spacial score (nSPS) is 10.8. The number of rotatable bonds is 15. The Balaban J connectivity index is 0.000000582. The molecule has 0 amide bonds. The van der Waals surface area contributed by atoms with E-state index in [9.17, 15) is 18.0 Å². The van der Waals surface area contributed by atoms with Crippen molar-refractivity contribution in [3.8, 4) is 0 Å². The van der Waals surface area contributed by atoms with Gasteiger partial charge in [-0.05, 0) is 30.9 Å². The van der Waals surface area contributed by atoms with Gasteiger partial charge in [0.05, 0.1) is 24.5 Å². The van der Waals surface area contributed by atoms with Crippen LogP contribution < -0.4 is 5.73 Å². The maximum Gasteiger partial charge on any atom is 0.306 e. The molecule has 8 heteroatoms. The molecule has 0 radical (unpaired) electrons. The molecule has 1 aromatic carbocycles. The third-order valence-electron chi connectivity index (χ3n) is 4.65. The van der Waals surface area contributed by atoms with Crippen LogP contribution in [0.25, 0.3) is 0 Å². The molecule has 0 spiro atoms. The van der Waals surface area contributed by atoms with Gasteiger partial charge in [0, 0.05) is 6.42 Å². The van der Waals surface area contributed by atoms with Crippen LogP contribution in [0.1, 0.15) is 83.6 Å². The number of nitrogens with two attached hydrogens (primary N) is 1. The van der Waals surface area contributed by atoms with Gasteiger partial charge in [0.2, 0.25) is 0 Å². The van der Waals surface area contributed by atoms with Crippen LogP contribution in [0.15, 0.2) is 29.2 Å². The minimum absolute atomic E-state index is 0.00375. The van der Waals surface area contributed by atoms with E-state index in [1.807, 2.05) is 0 Å². The van der Waals surface area contributed by atoms with Crippen molar-refractivity contribution < 1.29 is 27.3 Å². The van der Waals surface area contributed by atoms with Crippen LogP contribution in [0, 0.1) is 0 Å². The first-order valence-corrected chi connectivity index (χ1v) is 12.6. The molecular weight excluding hydrogens is 418 g/mol. The summed E-state index contributed by atoms with van der Waals surface area (Å²) in [7, 11) is -4.08. The van der Waals surface area contributed by atoms with Gasteiger partial charge in [-0.15, -0.1) is 0 Å². The summed E-state index contributed by atoms with van der Waals surface area (Å²) >= 11 is 0. The summed E-state index contributed by atoms with van der Waals surface area (Å²) in [5.74, 6) is -0.397. The van der Waals surface area contributed by atoms with Crippen molar-refractivity contribution in [2.24, 2.45) is 5.73 Å². The molecule has 0 saturated carbocycles. The predicted octanol–water partition coefficient (Wildman–Crippen LogP) is 4.47. The highest BCUT2D eigenvalue weighted by Gasteiger charge is 2.13. The van der Waals surface area contributed by atoms with Crippen LogP contribution in [0.5, 0.6) is 0 Å². The van der Waals surface area contributed by atoms with Crippen LogP contribution >= 0.6 is 0 Å². The monoisotopic (exact) mass is 457 g/mol. The van der Waals surface area contributed by atoms with Crippen molar-refractivity contribution in [3.05, 3.63) is 29.8 Å². The highest BCUT2D eigenvalue weighted by molar-refractivity contribution is 7.85. The van der Waals surface area contributed by atoms with Crippen LogP contribution in [0.4, 0.5) is 0 Å². The highest BCUT2D eigenvalue weighted by atomic mass is 32.2. The smallest absolute Gasteiger partial charge is 0.306 e. The molecule has 3 N–H and O–H groups in total. The molecule has 0 saturated heterocycles. The second-order valence-corrected chi connectivity index (χ2v) is 8.81. The Kier molecular flexibility index (Phi) is 16.8. The fraction of sp³-hybridized carbons (Fsp3) is 0.652. The third kappa shape index (κ3) is 15.6. The van der Waals surface area contributed by atoms with Crippen LogP contribution in [-0.2, 0) is 30.9 Å². The Hall–Kier alpha value is -1.77. The number of hydrogen-bond acceptors (Lipinski definition) is 6. The molecule has 1 rings (SSSR count). The number of esters is 1. The molecule has 0 atom stereocenters. The zero-order valence-corrected chi connectivity index (χ0v) is 19.8. The standard InChI is InChI=1S/C12H18O3S.C11H21NO3/c1-2-3-4-5-8-11-9-6-7-10-12(11)16(13,14)15;1-2-3-4-5-8-15-11(14)7-6-10(13)9-12/h6-7,9-10H,2-5,8H2,1H3,(H,13,14,15);2-9,12H2,1H3. The fourth-order valence-corrected chi connectivity index (χ4v) is 3.59. The number of carbonyl (C=O) groups excluding carboxylic acids is 2. The molecule has 0 aliphatic heterocycles. The Morgan fingerprint density at radius 2 is 1.55 bits per heavy atom. The van der Waals surface area contributed by atoms with E-state index < -0.39 is 10.1 Å². The maximum absolute atomic E-state index is 11.1. The summed E-state index contributed by atoms with van der Waals surface area (Å²) in [6.45, 7) is 4.73. The summed E-state index contributed by atoms with van der Waals surface area (Å²) in [6.07, 6.45) is 9.76. The molecule has 7 nitrogen and oxygen atoms in total. The number of Topliss-reactive ketones (excluding diaryl/α,β-unsaturated/α-hetero) is 1. The largest absolute Gasteiger partial charge is 0.466 e. The van der Waals surface area contributed by atoms with E-state index in [-0.39, 0.29) is 36.0 Å². The van der Waals surface area contributed by atoms with Gasteiger partial charge in [-0.3, -0.25) is 14.1 Å². The van der Waals surface area contributed by atoms with Gasteiger partial charge in [0.15, 0.2) is 0 Å². The summed E-state index contributed by atoms with van der Waals surface area (Å²) in [4.78, 5) is 21.9. The Morgan fingerprint density at radius 1 is 0.935 bits per heavy atom. The van der Waals surface area contributed by atoms with Gasteiger partial charge in [0.1, 0.15) is 5.78 Å². The maximum atomic E-state index is 11.1. The second-order valence-electron chi connectivity index (χ2n) is 7.42. The zero-order chi connectivity index (χ0) is 23.5. The number of ketones is 1. The van der Waals surface area contributed by atoms with Crippen molar-refractivity contribution in [3.63, 3.8) is 0 Å². The van der Waals surface area contributed by atoms with Gasteiger partial charge in [-0.2, -0.15) is 8.42 Å². The number of aryl methyl sites for hydroxylation is 1. The number of benzene rings is 1. The van der Waals surface area contributed by atoms with Crippen molar-refractivity contribution in [2.45, 2.75) is 89.4 Å². The first kappa shape index (κ1) is 29.2. The van der Waals surface area contributed by atoms with Crippen LogP contribution in [0.2, 0.25) is 0 Å². The SMILES string of the molecule is CCCCCCOC(=O)CCC(=O)CN.CCCCCCc1ccccc1S(=O)(=O)O. The lowest BCUT2D eigenvalue weighted by atomic mass is 10.1. The summed E-state index contributed by atoms with van der Waals surface area (Å²) < 4.78 is 36.2. The third-order valence-corrected chi connectivity index (χ3v) is 5.60. The van der Waals surface area contributed by atoms with Gasteiger partial charge < -0.3 is 10.5 Å². The summed E-state index contributed by atoms with van der Waals surface area (Å²) in [5, 5.41) is 0. The molecule has 0 fully saturated rings. The lowest BCUT2D eigenvalue weighted by Gasteiger charge is -2.06. The number of unbranched alkanes of at least 4 members (excludes halogenated alkanes) is 6. The number of carbonyl (C=O) groups is 2. The Morgan fingerprint density at radius 3 is 2.13 bits per heavy atom. The lowest BCUT2D eigenvalue weighted by Crippen LogP contribution is -2.15. The van der Waals surface area contributed by atoms with Crippen molar-refractivity contribution in [1.82, 2.24) is 0 Å². The van der Waals surface area contributed by atoms with Gasteiger partial charge in [-0.1, -0.05) is 70.6 Å². The predicted molar refractivity (Wildman–Crippen MR) is 122 cm³/mol. The molecule has 0 unspecified atom stereocenters. The molecule has 0 bridgehead atoms. The summed E-state index contributed by atoms with van der Waals surface area (Å²) in [5.41, 5.74) is 5.82. The molecule has 0 heterocycles. The highest BCUT2D eigenvalue weighted by Crippen LogP contribution is 2.17. The van der Waals surface area contributed by atoms with E-state index in [0.717, 1.165) is 38.5 Å². The van der Waals surface area contributed by atoms with Gasteiger partial charge in [0.25, 0.3) is 10.1 Å². The molecule has 178 valence electrons. The van der Waals surface area contributed by atoms with E-state index in [1.165, 1.54) is 18.9 Å². The molecule has 0 aromatic heterocycles. The molecule has 0 aliphatic carbocycles. The summed E-state index contributed by atoms with van der Waals surface area (Å²) in [6, 6.07) is 6.63. The quantitative estimate of drug-likeness (QED) is 0.226. The van der Waals surface area contributed by atoms with Crippen molar-refractivity contribution >= 4 is 21.9 Å². The van der Waals surface area contributed by atoms with E-state index >= 15 is 0 Å². The number of hydrogen-bond donors (Lipinski definition) is 2. The Bertz CT molecular complexity index is 733. The minimum atomic E-state index is -4.08. The molecule has 1 aromatic rings. The average Bonchev–Trinajstić information content (AvgIpc) is 2.75. The van der Waals surface area contributed by atoms with Crippen molar-refractivity contribution in [1.29, 1.82) is 0 Å². The van der Waals surface area contributed by atoms with Gasteiger partial charge >= 0.3 is 5.97 Å². The topological polar surface area (TPSA) is 124 Å². The Labute approximate surface area is 187 Å². The average molecular weight is 458 g/mol. The minimum Gasteiger partial charge on any atom is -0.466 e. The van der Waals surface area contributed by atoms with Crippen LogP contribution in [0.3, 0.4) is 0 Å². The first-order valence-electron chi connectivity index (χ1n) is 11.2. The van der Waals surface area contributed by atoms with E-state index in [0.29, 0.717) is 18.6 Å². The van der Waals surface area contributed by atoms with Crippen LogP contribution in [-0.4, -0.2) is 37.9 Å². The second kappa shape index (κ2) is 17.9. The first-order chi connectivity index (χ1) is 14.8. The van der Waals surface area contributed by atoms with Gasteiger partial charge in [-0.25, -0.2) is 0 Å². The lowest BCUT2D eigenvalue weighted by molar-refractivity contribution is -0.144. The number of ether oxygens (including phenoxy) is 1. The molecular formula is C23H39NO6S. The fourth-order valence-electron chi connectivity index (χ4n) is 2.83.